The Kier molecular flexibility index (Phi) is 3.59. The quantitative estimate of drug-likeness (QED) is 0.841. The first kappa shape index (κ1) is 14.6. The van der Waals surface area contributed by atoms with E-state index in [9.17, 15) is 22.4 Å². The van der Waals surface area contributed by atoms with Crippen molar-refractivity contribution in [2.24, 2.45) is 5.73 Å². The first-order valence-electron chi connectivity index (χ1n) is 5.80. The number of nitrogens with one attached hydrogen (secondary N) is 1. The van der Waals surface area contributed by atoms with Crippen molar-refractivity contribution in [1.82, 2.24) is 4.90 Å². The fourth-order valence-electron chi connectivity index (χ4n) is 1.96. The molecule has 0 bridgehead atoms. The number of nitrogens with two attached hydrogens (primary N) is 1. The summed E-state index contributed by atoms with van der Waals surface area (Å²) in [5, 5.41) is 2.55. The van der Waals surface area contributed by atoms with Crippen LogP contribution < -0.4 is 11.1 Å². The van der Waals surface area contributed by atoms with Gasteiger partial charge >= 0.3 is 18.4 Å². The van der Waals surface area contributed by atoms with Gasteiger partial charge in [0.25, 0.3) is 0 Å². The zero-order valence-corrected chi connectivity index (χ0v) is 10.5. The summed E-state index contributed by atoms with van der Waals surface area (Å²) in [6.07, 6.45) is -3.84. The van der Waals surface area contributed by atoms with Gasteiger partial charge in [-0.1, -0.05) is 12.1 Å². The molecule has 0 aliphatic carbocycles. The van der Waals surface area contributed by atoms with Crippen LogP contribution in [0.25, 0.3) is 0 Å². The van der Waals surface area contributed by atoms with Crippen molar-refractivity contribution in [3.63, 3.8) is 0 Å². The van der Waals surface area contributed by atoms with Crippen LogP contribution in [0.4, 0.5) is 28.0 Å². The highest BCUT2D eigenvalue weighted by atomic mass is 19.3. The molecule has 0 aromatic heterocycles. The Morgan fingerprint density at radius 1 is 1.40 bits per heavy atom. The number of halogens is 4. The van der Waals surface area contributed by atoms with E-state index in [0.29, 0.717) is 11.3 Å². The van der Waals surface area contributed by atoms with E-state index in [1.165, 1.54) is 30.1 Å². The molecule has 0 radical (unpaired) electrons. The maximum Gasteiger partial charge on any atom is 0.326 e. The first-order valence-corrected chi connectivity index (χ1v) is 5.80. The van der Waals surface area contributed by atoms with Gasteiger partial charge in [-0.05, 0) is 17.2 Å². The van der Waals surface area contributed by atoms with E-state index < -0.39 is 18.4 Å². The second-order valence-corrected chi connectivity index (χ2v) is 4.66. The van der Waals surface area contributed by atoms with Gasteiger partial charge in [-0.15, -0.1) is 0 Å². The summed E-state index contributed by atoms with van der Waals surface area (Å²) in [6.45, 7) is 0.196. The van der Waals surface area contributed by atoms with Gasteiger partial charge in [0, 0.05) is 19.3 Å². The van der Waals surface area contributed by atoms with Gasteiger partial charge in [0.15, 0.2) is 0 Å². The number of carbonyl (C=O) groups is 1. The summed E-state index contributed by atoms with van der Waals surface area (Å²) in [5.74, 6) is -4.31. The molecule has 1 aliphatic rings. The Hall–Kier alpha value is -1.83. The number of carbonyl (C=O) groups excluding carboxylic acids is 1. The predicted octanol–water partition coefficient (Wildman–Crippen LogP) is 2.56. The van der Waals surface area contributed by atoms with Crippen molar-refractivity contribution < 1.29 is 22.4 Å². The van der Waals surface area contributed by atoms with Gasteiger partial charge in [0.05, 0.1) is 0 Å². The van der Waals surface area contributed by atoms with Crippen LogP contribution >= 0.6 is 0 Å². The summed E-state index contributed by atoms with van der Waals surface area (Å²) >= 11 is 0. The number of anilines is 1. The van der Waals surface area contributed by atoms with Gasteiger partial charge in [-0.3, -0.25) is 0 Å². The van der Waals surface area contributed by atoms with Crippen molar-refractivity contribution in [2.75, 3.05) is 12.4 Å². The number of hydrogen-bond acceptors (Lipinski definition) is 2. The van der Waals surface area contributed by atoms with Gasteiger partial charge in [0.2, 0.25) is 0 Å². The molecule has 1 aromatic rings. The molecule has 20 heavy (non-hydrogen) atoms. The minimum Gasteiger partial charge on any atom is -0.323 e. The van der Waals surface area contributed by atoms with Crippen molar-refractivity contribution >= 4 is 11.7 Å². The number of amides is 2. The summed E-state index contributed by atoms with van der Waals surface area (Å²) in [5.41, 5.74) is 6.15. The van der Waals surface area contributed by atoms with Crippen LogP contribution in [-0.2, 0) is 6.54 Å². The summed E-state index contributed by atoms with van der Waals surface area (Å²) in [6, 6.07) is 1.48. The van der Waals surface area contributed by atoms with E-state index >= 15 is 0 Å². The lowest BCUT2D eigenvalue weighted by molar-refractivity contribution is -0.144. The van der Waals surface area contributed by atoms with Crippen molar-refractivity contribution in [3.05, 3.63) is 29.3 Å². The molecule has 3 N–H and O–H groups in total. The molecule has 0 saturated heterocycles. The Labute approximate surface area is 112 Å². The van der Waals surface area contributed by atoms with E-state index in [0.717, 1.165) is 0 Å². The predicted molar refractivity (Wildman–Crippen MR) is 64.8 cm³/mol. The molecule has 1 unspecified atom stereocenters. The fourth-order valence-corrected chi connectivity index (χ4v) is 1.96. The lowest BCUT2D eigenvalue weighted by Crippen LogP contribution is -2.40. The lowest BCUT2D eigenvalue weighted by atomic mass is 9.97. The monoisotopic (exact) mass is 291 g/mol. The van der Waals surface area contributed by atoms with E-state index in [1.807, 2.05) is 0 Å². The molecular weight excluding hydrogens is 278 g/mol. The summed E-state index contributed by atoms with van der Waals surface area (Å²) in [7, 11) is 1.53. The minimum atomic E-state index is -4.31. The zero-order valence-electron chi connectivity index (χ0n) is 10.5. The van der Waals surface area contributed by atoms with Crippen LogP contribution in [0.15, 0.2) is 18.2 Å². The molecule has 1 heterocycles. The standard InChI is InChI=1S/C12H13F4N3O/c1-19-5-7-4-6(2-3-8(7)18-11(19)20)9(17)12(15,16)10(13)14/h2-4,9-10H,5,17H2,1H3,(H,18,20). The molecule has 1 aromatic carbocycles. The molecule has 1 atom stereocenters. The Morgan fingerprint density at radius 2 is 2.05 bits per heavy atom. The SMILES string of the molecule is CN1Cc2cc(C(N)C(F)(F)C(F)F)ccc2NC1=O. The maximum atomic E-state index is 13.2. The third-order valence-electron chi connectivity index (χ3n) is 3.19. The number of urea groups is 1. The average molecular weight is 291 g/mol. The lowest BCUT2D eigenvalue weighted by Gasteiger charge is -2.28. The number of rotatable bonds is 3. The molecular formula is C12H13F4N3O. The summed E-state index contributed by atoms with van der Waals surface area (Å²) in [4.78, 5) is 12.7. The number of benzene rings is 1. The third kappa shape index (κ3) is 2.43. The Bertz CT molecular complexity index is 535. The van der Waals surface area contributed by atoms with E-state index in [-0.39, 0.29) is 18.1 Å². The van der Waals surface area contributed by atoms with Crippen LogP contribution in [0.1, 0.15) is 17.2 Å². The maximum absolute atomic E-state index is 13.2. The second kappa shape index (κ2) is 4.93. The average Bonchev–Trinajstić information content (AvgIpc) is 2.38. The van der Waals surface area contributed by atoms with Gasteiger partial charge in [-0.2, -0.15) is 8.78 Å². The Morgan fingerprint density at radius 3 is 2.65 bits per heavy atom. The van der Waals surface area contributed by atoms with Crippen LogP contribution in [0, 0.1) is 0 Å². The molecule has 1 aliphatic heterocycles. The number of fused-ring (bicyclic) bond motifs is 1. The number of hydrogen-bond donors (Lipinski definition) is 2. The topological polar surface area (TPSA) is 58.4 Å². The molecule has 0 saturated carbocycles. The highest BCUT2D eigenvalue weighted by molar-refractivity contribution is 5.92. The molecule has 0 fully saturated rings. The van der Waals surface area contributed by atoms with E-state index in [1.54, 1.807) is 0 Å². The highest BCUT2D eigenvalue weighted by Crippen LogP contribution is 2.36. The number of alkyl halides is 4. The normalized spacial score (nSPS) is 16.9. The van der Waals surface area contributed by atoms with E-state index in [2.05, 4.69) is 5.32 Å². The van der Waals surface area contributed by atoms with Crippen molar-refractivity contribution in [3.8, 4) is 0 Å². The van der Waals surface area contributed by atoms with Gasteiger partial charge in [-0.25, -0.2) is 13.6 Å². The molecule has 2 rings (SSSR count). The van der Waals surface area contributed by atoms with Crippen molar-refractivity contribution in [2.45, 2.75) is 24.9 Å². The smallest absolute Gasteiger partial charge is 0.323 e. The molecule has 2 amide bonds. The van der Waals surface area contributed by atoms with Crippen LogP contribution in [0.2, 0.25) is 0 Å². The molecule has 110 valence electrons. The van der Waals surface area contributed by atoms with Crippen LogP contribution in [0.3, 0.4) is 0 Å². The summed E-state index contributed by atoms with van der Waals surface area (Å²) < 4.78 is 51.1. The van der Waals surface area contributed by atoms with Gasteiger partial charge < -0.3 is 16.0 Å². The molecule has 0 spiro atoms. The molecule has 8 heteroatoms. The van der Waals surface area contributed by atoms with Gasteiger partial charge in [0.1, 0.15) is 6.04 Å². The largest absolute Gasteiger partial charge is 0.326 e. The zero-order chi connectivity index (χ0) is 15.1. The first-order chi connectivity index (χ1) is 9.23. The number of nitrogens with zero attached hydrogens (tertiary/aromatic N) is 1. The Balaban J connectivity index is 2.32. The third-order valence-corrected chi connectivity index (χ3v) is 3.19. The fraction of sp³-hybridized carbons (Fsp3) is 0.417. The molecule has 4 nitrogen and oxygen atoms in total. The van der Waals surface area contributed by atoms with E-state index in [4.69, 9.17) is 5.73 Å². The minimum absolute atomic E-state index is 0.0985. The highest BCUT2D eigenvalue weighted by Gasteiger charge is 2.47. The van der Waals surface area contributed by atoms with Crippen molar-refractivity contribution in [1.29, 1.82) is 0 Å². The van der Waals surface area contributed by atoms with Crippen LogP contribution in [0.5, 0.6) is 0 Å². The second-order valence-electron chi connectivity index (χ2n) is 4.66. The van der Waals surface area contributed by atoms with Crippen LogP contribution in [-0.4, -0.2) is 30.3 Å².